The highest BCUT2D eigenvalue weighted by Crippen LogP contribution is 2.29. The minimum Gasteiger partial charge on any atom is -0.368 e. The van der Waals surface area contributed by atoms with Gasteiger partial charge >= 0.3 is 0 Å². The highest BCUT2D eigenvalue weighted by molar-refractivity contribution is 5.93. The SMILES string of the molecule is CCNC(=O)c1cc(N(CCCN)C2CCC2)ccn1. The van der Waals surface area contributed by atoms with E-state index in [2.05, 4.69) is 15.2 Å². The average molecular weight is 276 g/mol. The normalized spacial score (nSPS) is 14.7. The van der Waals surface area contributed by atoms with Crippen molar-refractivity contribution in [1.82, 2.24) is 10.3 Å². The maximum absolute atomic E-state index is 11.9. The topological polar surface area (TPSA) is 71.2 Å². The van der Waals surface area contributed by atoms with Crippen LogP contribution in [0.25, 0.3) is 0 Å². The van der Waals surface area contributed by atoms with Crippen LogP contribution in [0.3, 0.4) is 0 Å². The first-order valence-corrected chi connectivity index (χ1v) is 7.47. The Bertz CT molecular complexity index is 445. The average Bonchev–Trinajstić information content (AvgIpc) is 2.41. The number of nitrogens with one attached hydrogen (secondary N) is 1. The Balaban J connectivity index is 2.15. The van der Waals surface area contributed by atoms with Crippen LogP contribution >= 0.6 is 0 Å². The van der Waals surface area contributed by atoms with Crippen LogP contribution in [-0.2, 0) is 0 Å². The van der Waals surface area contributed by atoms with Crippen molar-refractivity contribution >= 4 is 11.6 Å². The molecule has 1 aromatic rings. The molecular formula is C15H24N4O. The van der Waals surface area contributed by atoms with Gasteiger partial charge < -0.3 is 16.0 Å². The van der Waals surface area contributed by atoms with Crippen LogP contribution in [-0.4, -0.2) is 36.6 Å². The van der Waals surface area contributed by atoms with Crippen molar-refractivity contribution in [2.75, 3.05) is 24.5 Å². The molecule has 0 atom stereocenters. The standard InChI is InChI=1S/C15H24N4O/c1-2-17-15(20)14-11-13(7-9-18-14)19(10-4-8-16)12-5-3-6-12/h7,9,11-12H,2-6,8,10,16H2,1H3,(H,17,20). The molecule has 0 bridgehead atoms. The number of carbonyl (C=O) groups excluding carboxylic acids is 1. The number of nitrogens with two attached hydrogens (primary N) is 1. The second-order valence-electron chi connectivity index (χ2n) is 5.18. The fraction of sp³-hybridized carbons (Fsp3) is 0.600. The Kier molecular flexibility index (Phi) is 5.35. The molecule has 1 fully saturated rings. The van der Waals surface area contributed by atoms with Crippen LogP contribution < -0.4 is 16.0 Å². The van der Waals surface area contributed by atoms with Gasteiger partial charge in [-0.2, -0.15) is 0 Å². The smallest absolute Gasteiger partial charge is 0.269 e. The van der Waals surface area contributed by atoms with Crippen LogP contribution in [0.1, 0.15) is 43.1 Å². The summed E-state index contributed by atoms with van der Waals surface area (Å²) in [7, 11) is 0. The van der Waals surface area contributed by atoms with Crippen molar-refractivity contribution in [3.63, 3.8) is 0 Å². The van der Waals surface area contributed by atoms with Crippen molar-refractivity contribution in [2.45, 2.75) is 38.6 Å². The molecule has 3 N–H and O–H groups in total. The van der Waals surface area contributed by atoms with E-state index >= 15 is 0 Å². The molecule has 2 rings (SSSR count). The number of hydrogen-bond acceptors (Lipinski definition) is 4. The van der Waals surface area contributed by atoms with E-state index < -0.39 is 0 Å². The van der Waals surface area contributed by atoms with Crippen molar-refractivity contribution in [3.8, 4) is 0 Å². The highest BCUT2D eigenvalue weighted by atomic mass is 16.1. The molecule has 0 radical (unpaired) electrons. The van der Waals surface area contributed by atoms with E-state index in [1.54, 1.807) is 6.20 Å². The lowest BCUT2D eigenvalue weighted by Gasteiger charge is -2.39. The van der Waals surface area contributed by atoms with Gasteiger partial charge in [-0.25, -0.2) is 0 Å². The number of amides is 1. The zero-order valence-electron chi connectivity index (χ0n) is 12.1. The first kappa shape index (κ1) is 14.8. The molecule has 0 unspecified atom stereocenters. The third-order valence-corrected chi connectivity index (χ3v) is 3.76. The predicted molar refractivity (Wildman–Crippen MR) is 80.9 cm³/mol. The summed E-state index contributed by atoms with van der Waals surface area (Å²) in [4.78, 5) is 18.4. The number of pyridine rings is 1. The summed E-state index contributed by atoms with van der Waals surface area (Å²) in [6, 6.07) is 4.46. The minimum atomic E-state index is -0.110. The fourth-order valence-corrected chi connectivity index (χ4v) is 2.46. The van der Waals surface area contributed by atoms with Crippen LogP contribution in [0, 0.1) is 0 Å². The summed E-state index contributed by atoms with van der Waals surface area (Å²) in [5.74, 6) is -0.110. The molecule has 1 aliphatic carbocycles. The molecule has 5 heteroatoms. The maximum Gasteiger partial charge on any atom is 0.269 e. The lowest BCUT2D eigenvalue weighted by molar-refractivity contribution is 0.0951. The molecule has 1 amide bonds. The molecule has 20 heavy (non-hydrogen) atoms. The largest absolute Gasteiger partial charge is 0.368 e. The van der Waals surface area contributed by atoms with E-state index in [1.165, 1.54) is 19.3 Å². The van der Waals surface area contributed by atoms with E-state index in [0.29, 0.717) is 24.8 Å². The predicted octanol–water partition coefficient (Wildman–Crippen LogP) is 1.54. The zero-order valence-corrected chi connectivity index (χ0v) is 12.1. The van der Waals surface area contributed by atoms with Gasteiger partial charge in [0.1, 0.15) is 5.69 Å². The van der Waals surface area contributed by atoms with Crippen molar-refractivity contribution in [1.29, 1.82) is 0 Å². The Morgan fingerprint density at radius 1 is 1.55 bits per heavy atom. The highest BCUT2D eigenvalue weighted by Gasteiger charge is 2.25. The quantitative estimate of drug-likeness (QED) is 0.792. The lowest BCUT2D eigenvalue weighted by Crippen LogP contribution is -2.41. The molecule has 0 aliphatic heterocycles. The summed E-state index contributed by atoms with van der Waals surface area (Å²) in [5, 5.41) is 2.79. The number of hydrogen-bond donors (Lipinski definition) is 2. The summed E-state index contributed by atoms with van der Waals surface area (Å²) in [5.41, 5.74) is 7.20. The van der Waals surface area contributed by atoms with Crippen LogP contribution in [0.4, 0.5) is 5.69 Å². The fourth-order valence-electron chi connectivity index (χ4n) is 2.46. The second-order valence-corrected chi connectivity index (χ2v) is 5.18. The monoisotopic (exact) mass is 276 g/mol. The number of carbonyl (C=O) groups is 1. The first-order chi connectivity index (χ1) is 9.76. The van der Waals surface area contributed by atoms with Gasteiger partial charge in [0.05, 0.1) is 0 Å². The Morgan fingerprint density at radius 3 is 2.95 bits per heavy atom. The van der Waals surface area contributed by atoms with Crippen LogP contribution in [0.5, 0.6) is 0 Å². The number of rotatable bonds is 7. The van der Waals surface area contributed by atoms with Gasteiger partial charge in [0.25, 0.3) is 5.91 Å². The number of nitrogens with zero attached hydrogens (tertiary/aromatic N) is 2. The van der Waals surface area contributed by atoms with Crippen molar-refractivity contribution in [2.24, 2.45) is 5.73 Å². The van der Waals surface area contributed by atoms with Gasteiger partial charge in [0.15, 0.2) is 0 Å². The summed E-state index contributed by atoms with van der Waals surface area (Å²) in [6.45, 7) is 4.16. The van der Waals surface area contributed by atoms with Crippen molar-refractivity contribution < 1.29 is 4.79 Å². The van der Waals surface area contributed by atoms with E-state index in [1.807, 2.05) is 19.1 Å². The molecule has 5 nitrogen and oxygen atoms in total. The van der Waals surface area contributed by atoms with Gasteiger partial charge in [0.2, 0.25) is 0 Å². The van der Waals surface area contributed by atoms with Gasteiger partial charge in [-0.1, -0.05) is 0 Å². The van der Waals surface area contributed by atoms with Crippen LogP contribution in [0.2, 0.25) is 0 Å². The van der Waals surface area contributed by atoms with Crippen LogP contribution in [0.15, 0.2) is 18.3 Å². The Hall–Kier alpha value is -1.62. The van der Waals surface area contributed by atoms with E-state index in [0.717, 1.165) is 18.7 Å². The van der Waals surface area contributed by atoms with Crippen molar-refractivity contribution in [3.05, 3.63) is 24.0 Å². The molecule has 110 valence electrons. The maximum atomic E-state index is 11.9. The van der Waals surface area contributed by atoms with Gasteiger partial charge in [0, 0.05) is 31.0 Å². The molecule has 0 aromatic carbocycles. The Labute approximate surface area is 120 Å². The lowest BCUT2D eigenvalue weighted by atomic mass is 9.91. The number of aromatic nitrogens is 1. The molecule has 1 heterocycles. The minimum absolute atomic E-state index is 0.110. The van der Waals surface area contributed by atoms with E-state index in [-0.39, 0.29) is 5.91 Å². The van der Waals surface area contributed by atoms with Gasteiger partial charge in [-0.15, -0.1) is 0 Å². The van der Waals surface area contributed by atoms with Gasteiger partial charge in [-0.05, 0) is 51.3 Å². The molecular weight excluding hydrogens is 252 g/mol. The first-order valence-electron chi connectivity index (χ1n) is 7.47. The zero-order chi connectivity index (χ0) is 14.4. The Morgan fingerprint density at radius 2 is 2.35 bits per heavy atom. The third kappa shape index (κ3) is 3.48. The van der Waals surface area contributed by atoms with E-state index in [9.17, 15) is 4.79 Å². The molecule has 1 aromatic heterocycles. The molecule has 0 spiro atoms. The summed E-state index contributed by atoms with van der Waals surface area (Å²) >= 11 is 0. The number of anilines is 1. The molecule has 1 saturated carbocycles. The third-order valence-electron chi connectivity index (χ3n) is 3.76. The summed E-state index contributed by atoms with van der Waals surface area (Å²) in [6.07, 6.45) is 6.42. The van der Waals surface area contributed by atoms with Gasteiger partial charge in [-0.3, -0.25) is 9.78 Å². The van der Waals surface area contributed by atoms with E-state index in [4.69, 9.17) is 5.73 Å². The second kappa shape index (κ2) is 7.24. The summed E-state index contributed by atoms with van der Waals surface area (Å²) < 4.78 is 0. The molecule has 1 aliphatic rings. The molecule has 0 saturated heterocycles.